The van der Waals surface area contributed by atoms with Crippen molar-refractivity contribution in [1.29, 1.82) is 0 Å². The van der Waals surface area contributed by atoms with E-state index in [9.17, 15) is 4.39 Å². The second kappa shape index (κ2) is 2.77. The highest BCUT2D eigenvalue weighted by Crippen LogP contribution is 2.22. The number of halogens is 1. The van der Waals surface area contributed by atoms with Gasteiger partial charge in [-0.05, 0) is 11.5 Å². The Labute approximate surface area is 63.6 Å². The van der Waals surface area contributed by atoms with Gasteiger partial charge in [0.05, 0.1) is 0 Å². The van der Waals surface area contributed by atoms with Crippen LogP contribution in [0.3, 0.4) is 0 Å². The van der Waals surface area contributed by atoms with Crippen LogP contribution in [0.2, 0.25) is 0 Å². The highest BCUT2D eigenvalue weighted by molar-refractivity contribution is 6.51. The molecular weight excluding hydrogens is 150 g/mol. The molecule has 0 aromatic heterocycles. The highest BCUT2D eigenvalue weighted by Gasteiger charge is 2.27. The van der Waals surface area contributed by atoms with Crippen molar-refractivity contribution in [1.82, 2.24) is 0 Å². The van der Waals surface area contributed by atoms with Crippen molar-refractivity contribution >= 4 is 7.12 Å². The average Bonchev–Trinajstić information content (AvgIpc) is 1.85. The van der Waals surface area contributed by atoms with Crippen molar-refractivity contribution in [2.45, 2.75) is 12.3 Å². The van der Waals surface area contributed by atoms with E-state index >= 15 is 0 Å². The van der Waals surface area contributed by atoms with Crippen LogP contribution in [0.25, 0.3) is 0 Å². The molecule has 0 radical (unpaired) electrons. The molecule has 11 heavy (non-hydrogen) atoms. The molecule has 0 heterocycles. The maximum Gasteiger partial charge on any atom is 0.488 e. The van der Waals surface area contributed by atoms with E-state index in [1.54, 1.807) is 0 Å². The molecule has 1 rings (SSSR count). The molecule has 0 amide bonds. The van der Waals surface area contributed by atoms with Crippen LogP contribution in [0.4, 0.5) is 4.39 Å². The molecule has 1 aliphatic rings. The summed E-state index contributed by atoms with van der Waals surface area (Å²) in [5.41, 5.74) is -0.0266. The molecule has 60 valence electrons. The van der Waals surface area contributed by atoms with E-state index in [0.717, 1.165) is 6.08 Å². The van der Waals surface area contributed by atoms with E-state index in [-0.39, 0.29) is 11.9 Å². The zero-order chi connectivity index (χ0) is 8.48. The van der Waals surface area contributed by atoms with Crippen LogP contribution >= 0.6 is 0 Å². The van der Waals surface area contributed by atoms with E-state index in [0.29, 0.717) is 0 Å². The SMILES string of the molecule is OB(O)C1=CC(O)(F)CC=C1. The number of hydrogen-bond donors (Lipinski definition) is 3. The van der Waals surface area contributed by atoms with E-state index < -0.39 is 13.0 Å². The second-order valence-corrected chi connectivity index (χ2v) is 2.44. The first-order chi connectivity index (χ1) is 5.01. The maximum atomic E-state index is 12.7. The Bertz CT molecular complexity index is 210. The van der Waals surface area contributed by atoms with Crippen LogP contribution in [0.15, 0.2) is 23.7 Å². The Kier molecular flexibility index (Phi) is 2.13. The summed E-state index contributed by atoms with van der Waals surface area (Å²) < 4.78 is 12.7. The molecule has 0 aromatic rings. The van der Waals surface area contributed by atoms with Crippen LogP contribution in [0.5, 0.6) is 0 Å². The lowest BCUT2D eigenvalue weighted by Crippen LogP contribution is -2.25. The predicted molar refractivity (Wildman–Crippen MR) is 38.1 cm³/mol. The standard InChI is InChI=1S/C6H8BFO3/c8-6(9)3-1-2-5(4-6)7(10)11/h1-2,4,9-11H,3H2. The molecule has 3 nitrogen and oxygen atoms in total. The molecule has 1 atom stereocenters. The van der Waals surface area contributed by atoms with Gasteiger partial charge in [0.25, 0.3) is 0 Å². The van der Waals surface area contributed by atoms with Gasteiger partial charge in [0, 0.05) is 6.42 Å². The first-order valence-electron chi connectivity index (χ1n) is 3.18. The lowest BCUT2D eigenvalue weighted by molar-refractivity contribution is -0.0390. The molecule has 1 unspecified atom stereocenters. The van der Waals surface area contributed by atoms with Crippen LogP contribution in [0, 0.1) is 0 Å². The summed E-state index contributed by atoms with van der Waals surface area (Å²) in [6.45, 7) is 0. The molecule has 0 aliphatic heterocycles. The normalized spacial score (nSPS) is 30.0. The smallest absolute Gasteiger partial charge is 0.423 e. The predicted octanol–water partition coefficient (Wildman–Crippen LogP) is -0.457. The molecule has 1 aliphatic carbocycles. The van der Waals surface area contributed by atoms with Gasteiger partial charge in [-0.1, -0.05) is 12.2 Å². The lowest BCUT2D eigenvalue weighted by Gasteiger charge is -2.17. The third-order valence-electron chi connectivity index (χ3n) is 1.40. The van der Waals surface area contributed by atoms with Gasteiger partial charge in [0.2, 0.25) is 5.85 Å². The molecule has 0 bridgehead atoms. The zero-order valence-corrected chi connectivity index (χ0v) is 5.74. The van der Waals surface area contributed by atoms with Crippen LogP contribution in [-0.4, -0.2) is 28.1 Å². The monoisotopic (exact) mass is 158 g/mol. The lowest BCUT2D eigenvalue weighted by atomic mass is 9.76. The topological polar surface area (TPSA) is 60.7 Å². The minimum Gasteiger partial charge on any atom is -0.423 e. The molecule has 0 saturated carbocycles. The Morgan fingerprint density at radius 3 is 2.55 bits per heavy atom. The zero-order valence-electron chi connectivity index (χ0n) is 5.74. The summed E-state index contributed by atoms with van der Waals surface area (Å²) in [7, 11) is -1.73. The summed E-state index contributed by atoms with van der Waals surface area (Å²) >= 11 is 0. The molecule has 3 N–H and O–H groups in total. The number of aliphatic hydroxyl groups is 1. The third-order valence-corrected chi connectivity index (χ3v) is 1.40. The summed E-state index contributed by atoms with van der Waals surface area (Å²) in [6.07, 6.45) is 3.34. The molecule has 0 spiro atoms. The summed E-state index contributed by atoms with van der Waals surface area (Å²) in [4.78, 5) is 0. The van der Waals surface area contributed by atoms with Gasteiger partial charge in [-0.25, -0.2) is 4.39 Å². The third kappa shape index (κ3) is 2.15. The van der Waals surface area contributed by atoms with Gasteiger partial charge in [-0.15, -0.1) is 0 Å². The van der Waals surface area contributed by atoms with E-state index in [2.05, 4.69) is 0 Å². The van der Waals surface area contributed by atoms with Crippen molar-refractivity contribution in [2.24, 2.45) is 0 Å². The van der Waals surface area contributed by atoms with Gasteiger partial charge in [-0.2, -0.15) is 0 Å². The van der Waals surface area contributed by atoms with Gasteiger partial charge < -0.3 is 15.2 Å². The Balaban J connectivity index is 2.81. The minimum absolute atomic E-state index is 0.0266. The van der Waals surface area contributed by atoms with E-state index in [1.807, 2.05) is 0 Å². The molecule has 0 aromatic carbocycles. The molecule has 0 fully saturated rings. The summed E-state index contributed by atoms with van der Waals surface area (Å²) in [6, 6.07) is 0. The van der Waals surface area contributed by atoms with Crippen molar-refractivity contribution < 1.29 is 19.5 Å². The van der Waals surface area contributed by atoms with E-state index in [1.165, 1.54) is 12.2 Å². The van der Waals surface area contributed by atoms with Gasteiger partial charge >= 0.3 is 7.12 Å². The first-order valence-corrected chi connectivity index (χ1v) is 3.18. The fourth-order valence-corrected chi connectivity index (χ4v) is 0.883. The largest absolute Gasteiger partial charge is 0.488 e. The van der Waals surface area contributed by atoms with Gasteiger partial charge in [0.15, 0.2) is 0 Å². The fourth-order valence-electron chi connectivity index (χ4n) is 0.883. The van der Waals surface area contributed by atoms with Crippen molar-refractivity contribution in [3.63, 3.8) is 0 Å². The molecule has 5 heteroatoms. The summed E-state index contributed by atoms with van der Waals surface area (Å²) in [5, 5.41) is 25.9. The van der Waals surface area contributed by atoms with Crippen molar-refractivity contribution in [2.75, 3.05) is 0 Å². The Morgan fingerprint density at radius 2 is 2.18 bits per heavy atom. The van der Waals surface area contributed by atoms with Gasteiger partial charge in [-0.3, -0.25) is 0 Å². The van der Waals surface area contributed by atoms with Gasteiger partial charge in [0.1, 0.15) is 0 Å². The Hall–Kier alpha value is -0.645. The van der Waals surface area contributed by atoms with Crippen LogP contribution < -0.4 is 0 Å². The number of alkyl halides is 1. The van der Waals surface area contributed by atoms with Crippen molar-refractivity contribution in [3.8, 4) is 0 Å². The average molecular weight is 158 g/mol. The van der Waals surface area contributed by atoms with Crippen LogP contribution in [0.1, 0.15) is 6.42 Å². The number of rotatable bonds is 1. The Morgan fingerprint density at radius 1 is 1.55 bits per heavy atom. The number of allylic oxidation sites excluding steroid dienone is 2. The molecule has 0 saturated heterocycles. The fraction of sp³-hybridized carbons (Fsp3) is 0.333. The summed E-state index contributed by atoms with van der Waals surface area (Å²) in [5.74, 6) is -2.44. The van der Waals surface area contributed by atoms with E-state index in [4.69, 9.17) is 15.2 Å². The molecular formula is C6H8BFO3. The van der Waals surface area contributed by atoms with Crippen molar-refractivity contribution in [3.05, 3.63) is 23.7 Å². The second-order valence-electron chi connectivity index (χ2n) is 2.44. The quantitative estimate of drug-likeness (QED) is 0.452. The first kappa shape index (κ1) is 8.45. The number of hydrogen-bond acceptors (Lipinski definition) is 3. The van der Waals surface area contributed by atoms with Crippen LogP contribution in [-0.2, 0) is 0 Å². The minimum atomic E-state index is -2.44. The highest BCUT2D eigenvalue weighted by atomic mass is 19.2. The maximum absolute atomic E-state index is 12.7.